The highest BCUT2D eigenvalue weighted by atomic mass is 35.5. The number of rotatable bonds is 7. The van der Waals surface area contributed by atoms with E-state index in [0.29, 0.717) is 38.3 Å². The average molecular weight is 499 g/mol. The molecule has 174 valence electrons. The van der Waals surface area contributed by atoms with Crippen LogP contribution in [0.5, 0.6) is 5.75 Å². The number of carbonyl (C=O) groups is 3. The zero-order valence-electron chi connectivity index (χ0n) is 18.0. The number of hydrogen-bond donors (Lipinski definition) is 3. The van der Waals surface area contributed by atoms with Gasteiger partial charge in [0.25, 0.3) is 0 Å². The van der Waals surface area contributed by atoms with Gasteiger partial charge in [0.15, 0.2) is 0 Å². The van der Waals surface area contributed by atoms with Crippen molar-refractivity contribution in [3.63, 3.8) is 0 Å². The van der Waals surface area contributed by atoms with Crippen LogP contribution in [0.25, 0.3) is 0 Å². The number of nitrogens with two attached hydrogens (primary N) is 1. The second kappa shape index (κ2) is 11.3. The highest BCUT2D eigenvalue weighted by molar-refractivity contribution is 6.39. The molecule has 0 fully saturated rings. The number of carbonyl (C=O) groups excluding carboxylic acids is 3. The molecular weight excluding hydrogens is 479 g/mol. The fourth-order valence-electron chi connectivity index (χ4n) is 2.77. The summed E-state index contributed by atoms with van der Waals surface area (Å²) in [5.74, 6) is -1.86. The van der Waals surface area contributed by atoms with Gasteiger partial charge in [0, 0.05) is 26.9 Å². The fraction of sp³-hybridized carbons (Fsp3) is 0.0833. The number of nitrogens with zero attached hydrogens (tertiary/aromatic N) is 1. The van der Waals surface area contributed by atoms with E-state index < -0.39 is 17.7 Å². The molecule has 0 spiro atoms. The van der Waals surface area contributed by atoms with Crippen molar-refractivity contribution in [2.45, 2.75) is 13.5 Å². The Kier molecular flexibility index (Phi) is 8.24. The van der Waals surface area contributed by atoms with Gasteiger partial charge < -0.3 is 15.8 Å². The van der Waals surface area contributed by atoms with Crippen molar-refractivity contribution in [1.29, 1.82) is 0 Å². The molecule has 3 rings (SSSR count). The molecule has 0 aliphatic heterocycles. The van der Waals surface area contributed by atoms with Gasteiger partial charge in [-0.15, -0.1) is 0 Å². The smallest absolute Gasteiger partial charge is 0.329 e. The molecule has 3 aromatic carbocycles. The van der Waals surface area contributed by atoms with Gasteiger partial charge in [0.2, 0.25) is 5.91 Å². The van der Waals surface area contributed by atoms with Crippen LogP contribution in [-0.4, -0.2) is 23.4 Å². The molecule has 3 aromatic rings. The average Bonchev–Trinajstić information content (AvgIpc) is 2.82. The lowest BCUT2D eigenvalue weighted by Crippen LogP contribution is -2.33. The van der Waals surface area contributed by atoms with Crippen LogP contribution < -0.4 is 21.2 Å². The van der Waals surface area contributed by atoms with Crippen LogP contribution in [0.15, 0.2) is 71.8 Å². The number of ether oxygens (including phenoxy) is 1. The summed E-state index contributed by atoms with van der Waals surface area (Å²) in [5, 5.41) is 7.41. The van der Waals surface area contributed by atoms with Crippen molar-refractivity contribution >= 4 is 52.3 Å². The van der Waals surface area contributed by atoms with Crippen LogP contribution in [0.3, 0.4) is 0 Å². The number of hydrogen-bond acceptors (Lipinski definition) is 5. The van der Waals surface area contributed by atoms with Gasteiger partial charge in [-0.25, -0.2) is 5.43 Å². The summed E-state index contributed by atoms with van der Waals surface area (Å²) in [6, 6.07) is 18.0. The zero-order valence-corrected chi connectivity index (χ0v) is 19.5. The van der Waals surface area contributed by atoms with Crippen molar-refractivity contribution in [2.75, 3.05) is 5.32 Å². The van der Waals surface area contributed by atoms with E-state index in [9.17, 15) is 14.4 Å². The number of amides is 3. The first kappa shape index (κ1) is 24.8. The predicted octanol–water partition coefficient (Wildman–Crippen LogP) is 4.15. The maximum atomic E-state index is 12.0. The summed E-state index contributed by atoms with van der Waals surface area (Å²) in [7, 11) is 0. The number of benzene rings is 3. The van der Waals surface area contributed by atoms with Crippen molar-refractivity contribution in [2.24, 2.45) is 10.8 Å². The van der Waals surface area contributed by atoms with Gasteiger partial charge in [0.05, 0.1) is 5.71 Å². The molecule has 3 amide bonds. The minimum absolute atomic E-state index is 0.210. The number of primary amides is 1. The van der Waals surface area contributed by atoms with Crippen molar-refractivity contribution in [3.8, 4) is 5.75 Å². The third kappa shape index (κ3) is 6.57. The lowest BCUT2D eigenvalue weighted by Gasteiger charge is -2.10. The van der Waals surface area contributed by atoms with Gasteiger partial charge in [0.1, 0.15) is 12.4 Å². The molecule has 0 heterocycles. The Bertz CT molecular complexity index is 1220. The van der Waals surface area contributed by atoms with Crippen molar-refractivity contribution < 1.29 is 19.1 Å². The SMILES string of the molecule is C/C(=N\NC(=O)C(=O)Nc1ccc(C(N)=O)cc1)c1ccc(OCc2c(Cl)cccc2Cl)cc1. The molecule has 10 heteroatoms. The van der Waals surface area contributed by atoms with Crippen LogP contribution in [0.4, 0.5) is 5.69 Å². The first-order valence-electron chi connectivity index (χ1n) is 9.96. The predicted molar refractivity (Wildman–Crippen MR) is 131 cm³/mol. The molecule has 0 atom stereocenters. The number of anilines is 1. The number of halogens is 2. The minimum atomic E-state index is -0.949. The molecule has 8 nitrogen and oxygen atoms in total. The Hall–Kier alpha value is -3.88. The molecule has 0 saturated heterocycles. The van der Waals surface area contributed by atoms with Gasteiger partial charge in [-0.1, -0.05) is 29.3 Å². The van der Waals surface area contributed by atoms with Crippen molar-refractivity contribution in [3.05, 3.63) is 93.5 Å². The minimum Gasteiger partial charge on any atom is -0.489 e. The quantitative estimate of drug-likeness (QED) is 0.257. The summed E-state index contributed by atoms with van der Waals surface area (Å²) in [6.45, 7) is 1.89. The third-order valence-electron chi connectivity index (χ3n) is 4.68. The van der Waals surface area contributed by atoms with E-state index in [0.717, 1.165) is 0 Å². The Balaban J connectivity index is 1.54. The summed E-state index contributed by atoms with van der Waals surface area (Å²) in [6.07, 6.45) is 0. The Labute approximate surface area is 205 Å². The normalized spacial score (nSPS) is 11.0. The fourth-order valence-corrected chi connectivity index (χ4v) is 3.28. The number of nitrogens with one attached hydrogen (secondary N) is 2. The van der Waals surface area contributed by atoms with E-state index in [4.69, 9.17) is 33.7 Å². The van der Waals surface area contributed by atoms with Gasteiger partial charge in [-0.2, -0.15) is 5.10 Å². The Morgan fingerprint density at radius 2 is 1.47 bits per heavy atom. The second-order valence-corrected chi connectivity index (χ2v) is 7.86. The molecule has 0 unspecified atom stereocenters. The third-order valence-corrected chi connectivity index (χ3v) is 5.38. The summed E-state index contributed by atoms with van der Waals surface area (Å²) < 4.78 is 5.74. The largest absolute Gasteiger partial charge is 0.489 e. The highest BCUT2D eigenvalue weighted by Crippen LogP contribution is 2.26. The molecule has 34 heavy (non-hydrogen) atoms. The van der Waals surface area contributed by atoms with Crippen LogP contribution in [0.2, 0.25) is 10.0 Å². The summed E-state index contributed by atoms with van der Waals surface area (Å²) in [5.41, 5.74) is 9.87. The summed E-state index contributed by atoms with van der Waals surface area (Å²) in [4.78, 5) is 35.2. The van der Waals surface area contributed by atoms with E-state index in [1.165, 1.54) is 24.3 Å². The standard InChI is InChI=1S/C24H20Cl2N4O4/c1-14(29-30-24(33)23(32)28-17-9-5-16(6-10-17)22(27)31)15-7-11-18(12-8-15)34-13-19-20(25)3-2-4-21(19)26/h2-12H,13H2,1H3,(H2,27,31)(H,28,32)(H,30,33)/b29-14+. The lowest BCUT2D eigenvalue weighted by molar-refractivity contribution is -0.136. The van der Waals surface area contributed by atoms with Crippen LogP contribution >= 0.6 is 23.2 Å². The summed E-state index contributed by atoms with van der Waals surface area (Å²) >= 11 is 12.3. The number of hydrazone groups is 1. The van der Waals surface area contributed by atoms with E-state index in [2.05, 4.69) is 15.8 Å². The molecular formula is C24H20Cl2N4O4. The van der Waals surface area contributed by atoms with E-state index in [1.54, 1.807) is 49.4 Å². The Morgan fingerprint density at radius 3 is 2.06 bits per heavy atom. The molecule has 0 aliphatic rings. The molecule has 0 saturated carbocycles. The highest BCUT2D eigenvalue weighted by Gasteiger charge is 2.14. The van der Waals surface area contributed by atoms with E-state index in [-0.39, 0.29) is 12.2 Å². The van der Waals surface area contributed by atoms with E-state index >= 15 is 0 Å². The van der Waals surface area contributed by atoms with Crippen LogP contribution in [-0.2, 0) is 16.2 Å². The monoisotopic (exact) mass is 498 g/mol. The first-order valence-corrected chi connectivity index (χ1v) is 10.7. The molecule has 0 bridgehead atoms. The maximum Gasteiger partial charge on any atom is 0.329 e. The lowest BCUT2D eigenvalue weighted by atomic mass is 10.1. The van der Waals surface area contributed by atoms with Gasteiger partial charge in [-0.05, 0) is 73.2 Å². The van der Waals surface area contributed by atoms with Crippen LogP contribution in [0, 0.1) is 0 Å². The topological polar surface area (TPSA) is 123 Å². The van der Waals surface area contributed by atoms with E-state index in [1.807, 2.05) is 0 Å². The first-order chi connectivity index (χ1) is 16.2. The molecule has 0 aliphatic carbocycles. The van der Waals surface area contributed by atoms with Crippen LogP contribution in [0.1, 0.15) is 28.4 Å². The zero-order chi connectivity index (χ0) is 24.7. The molecule has 4 N–H and O–H groups in total. The molecule has 0 aromatic heterocycles. The van der Waals surface area contributed by atoms with Crippen molar-refractivity contribution in [1.82, 2.24) is 5.43 Å². The Morgan fingerprint density at radius 1 is 0.882 bits per heavy atom. The second-order valence-electron chi connectivity index (χ2n) is 7.05. The maximum absolute atomic E-state index is 12.0. The molecule has 0 radical (unpaired) electrons. The van der Waals surface area contributed by atoms with Gasteiger partial charge in [-0.3, -0.25) is 14.4 Å². The van der Waals surface area contributed by atoms with Gasteiger partial charge >= 0.3 is 11.8 Å².